The molecule has 0 fully saturated rings. The Morgan fingerprint density at radius 1 is 1.45 bits per heavy atom. The summed E-state index contributed by atoms with van der Waals surface area (Å²) < 4.78 is 7.09. The summed E-state index contributed by atoms with van der Waals surface area (Å²) in [6, 6.07) is 7.03. The van der Waals surface area contributed by atoms with E-state index >= 15 is 0 Å². The molecule has 0 bridgehead atoms. The highest BCUT2D eigenvalue weighted by molar-refractivity contribution is 7.15. The fourth-order valence-corrected chi connectivity index (χ4v) is 3.07. The zero-order chi connectivity index (χ0) is 15.5. The number of rotatable bonds is 5. The van der Waals surface area contributed by atoms with Crippen LogP contribution >= 0.6 is 22.9 Å². The van der Waals surface area contributed by atoms with Crippen molar-refractivity contribution in [1.82, 2.24) is 9.38 Å². The summed E-state index contributed by atoms with van der Waals surface area (Å²) in [6.07, 6.45) is 1.72. The maximum absolute atomic E-state index is 12.0. The molecule has 2 aromatic heterocycles. The maximum atomic E-state index is 12.0. The average molecular weight is 336 g/mol. The molecule has 22 heavy (non-hydrogen) atoms. The van der Waals surface area contributed by atoms with Crippen LogP contribution in [-0.2, 0) is 6.54 Å². The molecule has 114 valence electrons. The quantitative estimate of drug-likeness (QED) is 0.776. The monoisotopic (exact) mass is 335 g/mol. The average Bonchev–Trinajstić information content (AvgIpc) is 2.97. The minimum atomic E-state index is -0.0841. The molecule has 0 aliphatic rings. The minimum absolute atomic E-state index is 0.0841. The zero-order valence-corrected chi connectivity index (χ0v) is 13.4. The number of para-hydroxylation sites is 1. The number of hydrogen-bond acceptors (Lipinski definition) is 5. The Kier molecular flexibility index (Phi) is 4.31. The third-order valence-electron chi connectivity index (χ3n) is 3.07. The van der Waals surface area contributed by atoms with E-state index in [1.165, 1.54) is 21.8 Å². The number of anilines is 1. The molecule has 3 aromatic rings. The second kappa shape index (κ2) is 6.37. The molecule has 2 heterocycles. The van der Waals surface area contributed by atoms with Crippen LogP contribution < -0.4 is 15.6 Å². The summed E-state index contributed by atoms with van der Waals surface area (Å²) in [6.45, 7) is 2.85. The van der Waals surface area contributed by atoms with E-state index in [9.17, 15) is 4.79 Å². The van der Waals surface area contributed by atoms with E-state index in [0.29, 0.717) is 34.6 Å². The summed E-state index contributed by atoms with van der Waals surface area (Å²) >= 11 is 7.58. The van der Waals surface area contributed by atoms with E-state index in [0.717, 1.165) is 5.69 Å². The Morgan fingerprint density at radius 3 is 3.14 bits per heavy atom. The molecular weight excluding hydrogens is 322 g/mol. The predicted octanol–water partition coefficient (Wildman–Crippen LogP) is 3.42. The Labute approximate surface area is 136 Å². The van der Waals surface area contributed by atoms with E-state index in [4.69, 9.17) is 16.3 Å². The number of fused-ring (bicyclic) bond motifs is 1. The molecule has 0 unspecified atom stereocenters. The highest BCUT2D eigenvalue weighted by Gasteiger charge is 2.09. The zero-order valence-electron chi connectivity index (χ0n) is 11.9. The molecule has 0 saturated heterocycles. The largest absolute Gasteiger partial charge is 0.490 e. The minimum Gasteiger partial charge on any atom is -0.490 e. The van der Waals surface area contributed by atoms with Crippen molar-refractivity contribution in [2.24, 2.45) is 0 Å². The van der Waals surface area contributed by atoms with Gasteiger partial charge < -0.3 is 10.1 Å². The van der Waals surface area contributed by atoms with Crippen LogP contribution in [0.3, 0.4) is 0 Å². The van der Waals surface area contributed by atoms with Gasteiger partial charge in [-0.1, -0.05) is 17.7 Å². The Bertz CT molecular complexity index is 859. The SMILES string of the molecule is CCOc1c(Cl)cccc1NCc1cc(=O)n2ccsc2n1. The molecule has 0 saturated carbocycles. The van der Waals surface area contributed by atoms with Crippen molar-refractivity contribution in [2.45, 2.75) is 13.5 Å². The number of nitrogens with one attached hydrogen (secondary N) is 1. The van der Waals surface area contributed by atoms with Crippen LogP contribution in [0.1, 0.15) is 12.6 Å². The third kappa shape index (κ3) is 2.93. The smallest absolute Gasteiger partial charge is 0.258 e. The van der Waals surface area contributed by atoms with E-state index < -0.39 is 0 Å². The molecule has 5 nitrogen and oxygen atoms in total. The lowest BCUT2D eigenvalue weighted by Crippen LogP contribution is -2.15. The maximum Gasteiger partial charge on any atom is 0.258 e. The number of hydrogen-bond donors (Lipinski definition) is 1. The first-order chi connectivity index (χ1) is 10.7. The van der Waals surface area contributed by atoms with Gasteiger partial charge >= 0.3 is 0 Å². The highest BCUT2D eigenvalue weighted by Crippen LogP contribution is 2.33. The van der Waals surface area contributed by atoms with E-state index in [1.54, 1.807) is 12.3 Å². The van der Waals surface area contributed by atoms with Crippen molar-refractivity contribution in [3.8, 4) is 5.75 Å². The Balaban J connectivity index is 1.85. The molecule has 0 atom stereocenters. The molecule has 7 heteroatoms. The van der Waals surface area contributed by atoms with Crippen LogP contribution in [0.25, 0.3) is 4.96 Å². The molecule has 1 aromatic carbocycles. The van der Waals surface area contributed by atoms with Gasteiger partial charge in [0.2, 0.25) is 0 Å². The summed E-state index contributed by atoms with van der Waals surface area (Å²) in [5.41, 5.74) is 1.37. The van der Waals surface area contributed by atoms with E-state index in [-0.39, 0.29) is 5.56 Å². The molecule has 0 aliphatic heterocycles. The Hall–Kier alpha value is -2.05. The lowest BCUT2D eigenvalue weighted by atomic mass is 10.2. The molecule has 0 spiro atoms. The number of thiazole rings is 1. The summed E-state index contributed by atoms with van der Waals surface area (Å²) in [5.74, 6) is 0.612. The normalized spacial score (nSPS) is 10.8. The topological polar surface area (TPSA) is 55.6 Å². The number of benzene rings is 1. The second-order valence-corrected chi connectivity index (χ2v) is 5.82. The van der Waals surface area contributed by atoms with Crippen molar-refractivity contribution in [3.05, 3.63) is 56.9 Å². The molecular formula is C15H14ClN3O2S. The number of ether oxygens (including phenoxy) is 1. The summed E-state index contributed by atoms with van der Waals surface area (Å²) in [5, 5.41) is 5.61. The van der Waals surface area contributed by atoms with Gasteiger partial charge in [0.1, 0.15) is 0 Å². The van der Waals surface area contributed by atoms with Gasteiger partial charge in [-0.15, -0.1) is 11.3 Å². The van der Waals surface area contributed by atoms with Gasteiger partial charge in [0.25, 0.3) is 5.56 Å². The highest BCUT2D eigenvalue weighted by atomic mass is 35.5. The standard InChI is InChI=1S/C15H14ClN3O2S/c1-2-21-14-11(16)4-3-5-12(14)17-9-10-8-13(20)19-6-7-22-15(19)18-10/h3-8,17H,2,9H2,1H3. The molecule has 0 radical (unpaired) electrons. The lowest BCUT2D eigenvalue weighted by Gasteiger charge is -2.13. The fourth-order valence-electron chi connectivity index (χ4n) is 2.10. The van der Waals surface area contributed by atoms with Gasteiger partial charge in [-0.25, -0.2) is 4.98 Å². The van der Waals surface area contributed by atoms with Crippen LogP contribution in [0.5, 0.6) is 5.75 Å². The fraction of sp³-hybridized carbons (Fsp3) is 0.200. The molecule has 1 N–H and O–H groups in total. The van der Waals surface area contributed by atoms with Gasteiger partial charge in [0.05, 0.1) is 29.6 Å². The van der Waals surface area contributed by atoms with Gasteiger partial charge in [0.15, 0.2) is 10.7 Å². The number of halogens is 1. The van der Waals surface area contributed by atoms with Crippen LogP contribution in [-0.4, -0.2) is 16.0 Å². The molecule has 0 amide bonds. The van der Waals surface area contributed by atoms with Crippen LogP contribution in [0, 0.1) is 0 Å². The van der Waals surface area contributed by atoms with Crippen LogP contribution in [0.4, 0.5) is 5.69 Å². The van der Waals surface area contributed by atoms with E-state index in [2.05, 4.69) is 10.3 Å². The van der Waals surface area contributed by atoms with Gasteiger partial charge in [0, 0.05) is 17.6 Å². The first-order valence-electron chi connectivity index (χ1n) is 6.80. The van der Waals surface area contributed by atoms with Crippen molar-refractivity contribution in [3.63, 3.8) is 0 Å². The van der Waals surface area contributed by atoms with Gasteiger partial charge in [-0.3, -0.25) is 9.20 Å². The van der Waals surface area contributed by atoms with Crippen LogP contribution in [0.15, 0.2) is 40.6 Å². The second-order valence-electron chi connectivity index (χ2n) is 4.54. The predicted molar refractivity (Wildman–Crippen MR) is 89.3 cm³/mol. The molecule has 3 rings (SSSR count). The molecule has 0 aliphatic carbocycles. The third-order valence-corrected chi connectivity index (χ3v) is 4.13. The lowest BCUT2D eigenvalue weighted by molar-refractivity contribution is 0.342. The number of nitrogens with zero attached hydrogens (tertiary/aromatic N) is 2. The van der Waals surface area contributed by atoms with E-state index in [1.807, 2.05) is 24.4 Å². The first kappa shape index (κ1) is 14.9. The van der Waals surface area contributed by atoms with Crippen molar-refractivity contribution in [2.75, 3.05) is 11.9 Å². The van der Waals surface area contributed by atoms with Gasteiger partial charge in [-0.2, -0.15) is 0 Å². The Morgan fingerprint density at radius 2 is 2.32 bits per heavy atom. The first-order valence-corrected chi connectivity index (χ1v) is 8.05. The van der Waals surface area contributed by atoms with Crippen LogP contribution in [0.2, 0.25) is 5.02 Å². The summed E-state index contributed by atoms with van der Waals surface area (Å²) in [4.78, 5) is 17.1. The van der Waals surface area contributed by atoms with Crippen molar-refractivity contribution in [1.29, 1.82) is 0 Å². The van der Waals surface area contributed by atoms with Crippen molar-refractivity contribution < 1.29 is 4.74 Å². The van der Waals surface area contributed by atoms with Gasteiger partial charge in [-0.05, 0) is 19.1 Å². The van der Waals surface area contributed by atoms with Crippen molar-refractivity contribution >= 4 is 33.6 Å². The number of aromatic nitrogens is 2. The summed E-state index contributed by atoms with van der Waals surface area (Å²) in [7, 11) is 0.